The molecule has 0 radical (unpaired) electrons. The van der Waals surface area contributed by atoms with Gasteiger partial charge in [-0.3, -0.25) is 4.79 Å². The van der Waals surface area contributed by atoms with Crippen LogP contribution in [-0.2, 0) is 9.53 Å². The minimum Gasteiger partial charge on any atom is -0.496 e. The van der Waals surface area contributed by atoms with Crippen molar-refractivity contribution < 1.29 is 19.1 Å². The number of ether oxygens (including phenoxy) is 2. The summed E-state index contributed by atoms with van der Waals surface area (Å²) < 4.78 is 10.4. The Hall–Kier alpha value is -3.24. The Bertz CT molecular complexity index is 1050. The molecule has 1 aromatic heterocycles. The summed E-state index contributed by atoms with van der Waals surface area (Å²) in [7, 11) is 1.46. The monoisotopic (exact) mass is 380 g/mol. The number of nitrogens with zero attached hydrogens (tertiary/aromatic N) is 2. The first-order valence-corrected chi connectivity index (χ1v) is 8.99. The molecular weight excluding hydrogens is 364 g/mol. The fraction of sp³-hybridized carbons (Fsp3) is 0.200. The predicted molar refractivity (Wildman–Crippen MR) is 101 cm³/mol. The zero-order chi connectivity index (χ0) is 19.4. The molecule has 1 heterocycles. The normalized spacial score (nSPS) is 11.6. The lowest BCUT2D eigenvalue weighted by Gasteiger charge is -2.11. The summed E-state index contributed by atoms with van der Waals surface area (Å²) in [4.78, 5) is 29.0. The van der Waals surface area contributed by atoms with E-state index in [0.717, 1.165) is 16.5 Å². The zero-order valence-corrected chi connectivity index (χ0v) is 15.6. The van der Waals surface area contributed by atoms with Gasteiger partial charge in [-0.1, -0.05) is 24.3 Å². The Morgan fingerprint density at radius 2 is 1.96 bits per heavy atom. The van der Waals surface area contributed by atoms with E-state index in [9.17, 15) is 14.9 Å². The number of ketones is 1. The number of nitriles is 1. The maximum absolute atomic E-state index is 12.5. The van der Waals surface area contributed by atoms with Gasteiger partial charge in [-0.2, -0.15) is 5.26 Å². The van der Waals surface area contributed by atoms with Crippen LogP contribution in [0.3, 0.4) is 0 Å². The van der Waals surface area contributed by atoms with Crippen molar-refractivity contribution in [2.75, 3.05) is 13.7 Å². The molecule has 0 aliphatic rings. The van der Waals surface area contributed by atoms with Crippen molar-refractivity contribution in [3.8, 4) is 11.8 Å². The van der Waals surface area contributed by atoms with Gasteiger partial charge in [-0.05, 0) is 29.8 Å². The average Bonchev–Trinajstić information content (AvgIpc) is 3.11. The molecule has 27 heavy (non-hydrogen) atoms. The first-order chi connectivity index (χ1) is 13.0. The van der Waals surface area contributed by atoms with Gasteiger partial charge in [0.2, 0.25) is 0 Å². The molecule has 0 fully saturated rings. The number of benzene rings is 2. The van der Waals surface area contributed by atoms with Crippen LogP contribution in [0, 0.1) is 18.3 Å². The summed E-state index contributed by atoms with van der Waals surface area (Å²) in [5.74, 6) is -1.88. The Morgan fingerprint density at radius 3 is 2.56 bits per heavy atom. The summed E-state index contributed by atoms with van der Waals surface area (Å²) in [6.45, 7) is 1.27. The van der Waals surface area contributed by atoms with Gasteiger partial charge in [0, 0.05) is 11.1 Å². The third-order valence-corrected chi connectivity index (χ3v) is 5.00. The van der Waals surface area contributed by atoms with E-state index in [1.165, 1.54) is 18.4 Å². The molecular formula is C20H16N2O4S. The first kappa shape index (κ1) is 18.5. The van der Waals surface area contributed by atoms with Crippen molar-refractivity contribution in [1.29, 1.82) is 5.26 Å². The molecule has 136 valence electrons. The summed E-state index contributed by atoms with van der Waals surface area (Å²) in [5, 5.41) is 13.2. The SMILES string of the molecule is COc1cc2ccccc2cc1C(=O)OCC(=O)[C@H](C#N)c1nc(C)cs1. The Morgan fingerprint density at radius 1 is 1.26 bits per heavy atom. The van der Waals surface area contributed by atoms with E-state index in [0.29, 0.717) is 10.8 Å². The quantitative estimate of drug-likeness (QED) is 0.607. The molecule has 0 unspecified atom stereocenters. The molecule has 6 nitrogen and oxygen atoms in total. The molecule has 0 N–H and O–H groups in total. The number of Topliss-reactive ketones (excluding diaryl/α,β-unsaturated/α-hetero) is 1. The van der Waals surface area contributed by atoms with Crippen molar-refractivity contribution in [2.45, 2.75) is 12.8 Å². The van der Waals surface area contributed by atoms with E-state index in [-0.39, 0.29) is 5.56 Å². The molecule has 0 spiro atoms. The fourth-order valence-electron chi connectivity index (χ4n) is 2.62. The molecule has 0 bridgehead atoms. The summed E-state index contributed by atoms with van der Waals surface area (Å²) in [5.41, 5.74) is 0.962. The maximum atomic E-state index is 12.5. The molecule has 3 aromatic rings. The van der Waals surface area contributed by atoms with Crippen LogP contribution in [0.5, 0.6) is 5.75 Å². The zero-order valence-electron chi connectivity index (χ0n) is 14.8. The number of methoxy groups -OCH3 is 1. The van der Waals surface area contributed by atoms with E-state index in [1.807, 2.05) is 30.3 Å². The van der Waals surface area contributed by atoms with Crippen LogP contribution < -0.4 is 4.74 Å². The van der Waals surface area contributed by atoms with Crippen molar-refractivity contribution in [2.24, 2.45) is 0 Å². The molecule has 2 aromatic carbocycles. The van der Waals surface area contributed by atoms with Gasteiger partial charge < -0.3 is 9.47 Å². The third-order valence-electron chi connectivity index (χ3n) is 3.97. The minimum absolute atomic E-state index is 0.225. The largest absolute Gasteiger partial charge is 0.496 e. The van der Waals surface area contributed by atoms with Gasteiger partial charge >= 0.3 is 5.97 Å². The standard InChI is InChI=1S/C20H16N2O4S/c1-12-11-27-19(22-12)16(9-21)17(23)10-26-20(24)15-7-13-5-3-4-6-14(13)8-18(15)25-2/h3-8,11,16H,10H2,1-2H3/t16-/m0/s1. The number of fused-ring (bicyclic) bond motifs is 1. The van der Waals surface area contributed by atoms with E-state index in [1.54, 1.807) is 24.4 Å². The highest BCUT2D eigenvalue weighted by Crippen LogP contribution is 2.27. The number of hydrogen-bond acceptors (Lipinski definition) is 7. The second-order valence-electron chi connectivity index (χ2n) is 5.83. The van der Waals surface area contributed by atoms with Gasteiger partial charge in [0.1, 0.15) is 16.3 Å². The van der Waals surface area contributed by atoms with Crippen LogP contribution >= 0.6 is 11.3 Å². The Kier molecular flexibility index (Phi) is 5.48. The highest BCUT2D eigenvalue weighted by Gasteiger charge is 2.25. The van der Waals surface area contributed by atoms with Crippen LogP contribution in [0.4, 0.5) is 0 Å². The number of rotatable bonds is 6. The number of thiazole rings is 1. The third kappa shape index (κ3) is 3.96. The first-order valence-electron chi connectivity index (χ1n) is 8.11. The molecule has 0 saturated heterocycles. The number of hydrogen-bond donors (Lipinski definition) is 0. The number of carbonyl (C=O) groups is 2. The van der Waals surface area contributed by atoms with Crippen LogP contribution in [-0.4, -0.2) is 30.5 Å². The van der Waals surface area contributed by atoms with Crippen LogP contribution in [0.1, 0.15) is 27.0 Å². The average molecular weight is 380 g/mol. The van der Waals surface area contributed by atoms with Crippen molar-refractivity contribution in [3.63, 3.8) is 0 Å². The van der Waals surface area contributed by atoms with Gasteiger partial charge in [0.05, 0.1) is 13.2 Å². The molecule has 3 rings (SSSR count). The molecule has 0 aliphatic heterocycles. The van der Waals surface area contributed by atoms with Gasteiger partial charge in [0.25, 0.3) is 0 Å². The fourth-order valence-corrected chi connectivity index (χ4v) is 3.48. The highest BCUT2D eigenvalue weighted by molar-refractivity contribution is 7.09. The van der Waals surface area contributed by atoms with E-state index >= 15 is 0 Å². The topological polar surface area (TPSA) is 89.3 Å². The number of aryl methyl sites for hydroxylation is 1. The van der Waals surface area contributed by atoms with E-state index < -0.39 is 24.3 Å². The van der Waals surface area contributed by atoms with Crippen molar-refractivity contribution >= 4 is 33.9 Å². The van der Waals surface area contributed by atoms with Gasteiger partial charge in [-0.25, -0.2) is 9.78 Å². The van der Waals surface area contributed by atoms with Crippen LogP contribution in [0.15, 0.2) is 41.8 Å². The minimum atomic E-state index is -1.05. The lowest BCUT2D eigenvalue weighted by Crippen LogP contribution is -2.20. The summed E-state index contributed by atoms with van der Waals surface area (Å²) in [6, 6.07) is 12.9. The second-order valence-corrected chi connectivity index (χ2v) is 6.72. The molecule has 0 saturated carbocycles. The molecule has 1 atom stereocenters. The van der Waals surface area contributed by atoms with Crippen LogP contribution in [0.25, 0.3) is 10.8 Å². The van der Waals surface area contributed by atoms with Gasteiger partial charge in [-0.15, -0.1) is 11.3 Å². The molecule has 7 heteroatoms. The van der Waals surface area contributed by atoms with E-state index in [4.69, 9.17) is 9.47 Å². The maximum Gasteiger partial charge on any atom is 0.342 e. The predicted octanol–water partition coefficient (Wildman–Crippen LogP) is 3.65. The number of esters is 1. The Labute approximate surface area is 160 Å². The van der Waals surface area contributed by atoms with Crippen molar-refractivity contribution in [1.82, 2.24) is 4.98 Å². The van der Waals surface area contributed by atoms with E-state index in [2.05, 4.69) is 4.98 Å². The van der Waals surface area contributed by atoms with Gasteiger partial charge in [0.15, 0.2) is 18.3 Å². The lowest BCUT2D eigenvalue weighted by atomic mass is 10.1. The van der Waals surface area contributed by atoms with Crippen molar-refractivity contribution in [3.05, 3.63) is 58.0 Å². The van der Waals surface area contributed by atoms with Crippen LogP contribution in [0.2, 0.25) is 0 Å². The molecule has 0 aliphatic carbocycles. The summed E-state index contributed by atoms with van der Waals surface area (Å²) >= 11 is 1.23. The number of carbonyl (C=O) groups excluding carboxylic acids is 2. The summed E-state index contributed by atoms with van der Waals surface area (Å²) in [6.07, 6.45) is 0. The molecule has 0 amide bonds. The lowest BCUT2D eigenvalue weighted by molar-refractivity contribution is -0.122. The smallest absolute Gasteiger partial charge is 0.342 e. The highest BCUT2D eigenvalue weighted by atomic mass is 32.1. The Balaban J connectivity index is 1.76. The second kappa shape index (κ2) is 7.98. The number of aromatic nitrogens is 1.